The van der Waals surface area contributed by atoms with E-state index in [4.69, 9.17) is 11.6 Å². The molecule has 0 unspecified atom stereocenters. The molecule has 1 heterocycles. The van der Waals surface area contributed by atoms with Gasteiger partial charge in [0, 0.05) is 0 Å². The number of nitro groups is 1. The van der Waals surface area contributed by atoms with Gasteiger partial charge in [-0.25, -0.2) is 4.98 Å². The van der Waals surface area contributed by atoms with Crippen LogP contribution in [0.1, 0.15) is 5.69 Å². The quantitative estimate of drug-likeness (QED) is 0.483. The van der Waals surface area contributed by atoms with Gasteiger partial charge >= 0.3 is 12.0 Å². The molecule has 0 aliphatic carbocycles. The van der Waals surface area contributed by atoms with Crippen molar-refractivity contribution < 1.29 is 27.6 Å². The van der Waals surface area contributed by atoms with Crippen LogP contribution in [0.4, 0.5) is 18.9 Å². The lowest BCUT2D eigenvalue weighted by molar-refractivity contribution is -0.389. The van der Waals surface area contributed by atoms with E-state index in [1.165, 1.54) is 0 Å². The Balaban J connectivity index is 3.45. The van der Waals surface area contributed by atoms with Crippen LogP contribution in [-0.2, 0) is 5.88 Å². The Morgan fingerprint density at radius 3 is 2.56 bits per heavy atom. The number of methoxy groups -OCH3 is 1. The third-order valence-corrected chi connectivity index (χ3v) is 2.05. The van der Waals surface area contributed by atoms with E-state index in [2.05, 4.69) is 14.5 Å². The third kappa shape index (κ3) is 3.13. The first-order valence-corrected chi connectivity index (χ1v) is 4.85. The maximum Gasteiger partial charge on any atom is 0.573 e. The molecule has 18 heavy (non-hydrogen) atoms. The number of nitrogens with zero attached hydrogens (tertiary/aromatic N) is 2. The summed E-state index contributed by atoms with van der Waals surface area (Å²) in [4.78, 5) is 13.2. The number of ether oxygens (including phenoxy) is 2. The maximum atomic E-state index is 12.2. The SMILES string of the molecule is COc1cnc(CCl)c([N+](=O)[O-])c1OC(F)(F)F. The fraction of sp³-hybridized carbons (Fsp3) is 0.375. The van der Waals surface area contributed by atoms with Gasteiger partial charge in [-0.15, -0.1) is 24.8 Å². The molecule has 1 aromatic heterocycles. The fourth-order valence-electron chi connectivity index (χ4n) is 1.15. The molecular weight excluding hydrogens is 281 g/mol. The average Bonchev–Trinajstić information content (AvgIpc) is 2.25. The summed E-state index contributed by atoms with van der Waals surface area (Å²) in [6.45, 7) is 0. The molecule has 0 saturated heterocycles. The van der Waals surface area contributed by atoms with E-state index in [9.17, 15) is 23.3 Å². The largest absolute Gasteiger partial charge is 0.573 e. The van der Waals surface area contributed by atoms with E-state index in [-0.39, 0.29) is 5.69 Å². The maximum absolute atomic E-state index is 12.2. The van der Waals surface area contributed by atoms with E-state index in [0.717, 1.165) is 13.3 Å². The van der Waals surface area contributed by atoms with Crippen LogP contribution in [0.5, 0.6) is 11.5 Å². The minimum Gasteiger partial charge on any atom is -0.491 e. The van der Waals surface area contributed by atoms with Gasteiger partial charge < -0.3 is 9.47 Å². The highest BCUT2D eigenvalue weighted by Crippen LogP contribution is 2.41. The Bertz CT molecular complexity index is 466. The van der Waals surface area contributed by atoms with Crippen molar-refractivity contribution in [3.8, 4) is 11.5 Å². The lowest BCUT2D eigenvalue weighted by Crippen LogP contribution is -2.19. The molecule has 0 aliphatic rings. The first-order valence-electron chi connectivity index (χ1n) is 4.32. The second kappa shape index (κ2) is 5.25. The molecule has 100 valence electrons. The van der Waals surface area contributed by atoms with Crippen molar-refractivity contribution in [3.05, 3.63) is 22.0 Å². The minimum absolute atomic E-state index is 0.346. The topological polar surface area (TPSA) is 74.5 Å². The normalized spacial score (nSPS) is 11.2. The van der Waals surface area contributed by atoms with Crippen LogP contribution < -0.4 is 9.47 Å². The molecule has 6 nitrogen and oxygen atoms in total. The smallest absolute Gasteiger partial charge is 0.491 e. The van der Waals surface area contributed by atoms with Crippen LogP contribution in [0.15, 0.2) is 6.20 Å². The monoisotopic (exact) mass is 286 g/mol. The van der Waals surface area contributed by atoms with Gasteiger partial charge in [0.25, 0.3) is 5.75 Å². The number of rotatable bonds is 4. The number of hydrogen-bond donors (Lipinski definition) is 0. The molecule has 0 aliphatic heterocycles. The summed E-state index contributed by atoms with van der Waals surface area (Å²) in [5.74, 6) is -2.01. The molecule has 0 bridgehead atoms. The zero-order chi connectivity index (χ0) is 13.9. The Labute approximate surface area is 103 Å². The molecule has 0 spiro atoms. The van der Waals surface area contributed by atoms with Gasteiger partial charge in [-0.2, -0.15) is 0 Å². The van der Waals surface area contributed by atoms with Gasteiger partial charge in [-0.3, -0.25) is 10.1 Å². The molecule has 10 heteroatoms. The second-order valence-electron chi connectivity index (χ2n) is 2.89. The van der Waals surface area contributed by atoms with Crippen molar-refractivity contribution in [2.24, 2.45) is 0 Å². The molecule has 0 fully saturated rings. The summed E-state index contributed by atoms with van der Waals surface area (Å²) in [5.41, 5.74) is -1.32. The zero-order valence-corrected chi connectivity index (χ0v) is 9.58. The molecule has 1 rings (SSSR count). The fourth-order valence-corrected chi connectivity index (χ4v) is 1.35. The highest BCUT2D eigenvalue weighted by molar-refractivity contribution is 6.17. The third-order valence-electron chi connectivity index (χ3n) is 1.80. The van der Waals surface area contributed by atoms with Crippen LogP contribution in [0.25, 0.3) is 0 Å². The van der Waals surface area contributed by atoms with E-state index in [1.54, 1.807) is 0 Å². The molecule has 0 radical (unpaired) electrons. The van der Waals surface area contributed by atoms with E-state index in [0.29, 0.717) is 0 Å². The predicted octanol–water partition coefficient (Wildman–Crippen LogP) is 2.64. The van der Waals surface area contributed by atoms with Crippen molar-refractivity contribution in [2.45, 2.75) is 12.2 Å². The summed E-state index contributed by atoms with van der Waals surface area (Å²) in [6, 6.07) is 0. The average molecular weight is 287 g/mol. The summed E-state index contributed by atoms with van der Waals surface area (Å²) < 4.78 is 44.7. The molecule has 0 atom stereocenters. The minimum atomic E-state index is -5.09. The predicted molar refractivity (Wildman–Crippen MR) is 53.7 cm³/mol. The number of halogens is 4. The highest BCUT2D eigenvalue weighted by atomic mass is 35.5. The van der Waals surface area contributed by atoms with Crippen LogP contribution >= 0.6 is 11.6 Å². The van der Waals surface area contributed by atoms with E-state index < -0.39 is 34.4 Å². The lowest BCUT2D eigenvalue weighted by atomic mass is 10.3. The van der Waals surface area contributed by atoms with Crippen LogP contribution in [0.3, 0.4) is 0 Å². The number of hydrogen-bond acceptors (Lipinski definition) is 5. The molecule has 0 saturated carbocycles. The van der Waals surface area contributed by atoms with E-state index >= 15 is 0 Å². The van der Waals surface area contributed by atoms with Crippen molar-refractivity contribution in [1.29, 1.82) is 0 Å². The Morgan fingerprint density at radius 1 is 1.56 bits per heavy atom. The zero-order valence-electron chi connectivity index (χ0n) is 8.82. The number of aromatic nitrogens is 1. The first kappa shape index (κ1) is 14.3. The number of pyridine rings is 1. The Hall–Kier alpha value is -1.77. The van der Waals surface area contributed by atoms with Crippen molar-refractivity contribution in [2.75, 3.05) is 7.11 Å². The molecule has 0 amide bonds. The van der Waals surface area contributed by atoms with Crippen LogP contribution in [0, 0.1) is 10.1 Å². The van der Waals surface area contributed by atoms with E-state index in [1.807, 2.05) is 0 Å². The summed E-state index contributed by atoms with van der Waals surface area (Å²) in [7, 11) is 1.03. The van der Waals surface area contributed by atoms with Crippen molar-refractivity contribution >= 4 is 17.3 Å². The van der Waals surface area contributed by atoms with Gasteiger partial charge in [-0.05, 0) is 0 Å². The lowest BCUT2D eigenvalue weighted by Gasteiger charge is -2.13. The molecule has 1 aromatic rings. The second-order valence-corrected chi connectivity index (χ2v) is 3.16. The van der Waals surface area contributed by atoms with Gasteiger partial charge in [0.1, 0.15) is 5.69 Å². The molecule has 0 aromatic carbocycles. The van der Waals surface area contributed by atoms with Gasteiger partial charge in [0.2, 0.25) is 0 Å². The van der Waals surface area contributed by atoms with Gasteiger partial charge in [-0.1, -0.05) is 0 Å². The first-order chi connectivity index (χ1) is 8.30. The Kier molecular flexibility index (Phi) is 4.17. The summed E-state index contributed by atoms with van der Waals surface area (Å²) >= 11 is 5.37. The van der Waals surface area contributed by atoms with Gasteiger partial charge in [0.15, 0.2) is 5.75 Å². The van der Waals surface area contributed by atoms with Crippen LogP contribution in [-0.4, -0.2) is 23.4 Å². The molecule has 0 N–H and O–H groups in total. The summed E-state index contributed by atoms with van der Waals surface area (Å²) in [5, 5.41) is 10.8. The van der Waals surface area contributed by atoms with Crippen LogP contribution in [0.2, 0.25) is 0 Å². The highest BCUT2D eigenvalue weighted by Gasteiger charge is 2.38. The number of alkyl halides is 4. The standard InChI is InChI=1S/C8H6ClF3N2O4/c1-17-5-3-13-4(2-9)6(14(15)16)7(5)18-8(10,11)12/h3H,2H2,1H3. The summed E-state index contributed by atoms with van der Waals surface area (Å²) in [6.07, 6.45) is -4.23. The van der Waals surface area contributed by atoms with Gasteiger partial charge in [0.05, 0.1) is 24.1 Å². The van der Waals surface area contributed by atoms with Crippen molar-refractivity contribution in [3.63, 3.8) is 0 Å². The molecular formula is C8H6ClF3N2O4. The van der Waals surface area contributed by atoms with Crippen molar-refractivity contribution in [1.82, 2.24) is 4.98 Å². The Morgan fingerprint density at radius 2 is 2.17 bits per heavy atom.